The summed E-state index contributed by atoms with van der Waals surface area (Å²) in [5.41, 5.74) is 0.929. The van der Waals surface area contributed by atoms with Crippen LogP contribution in [0.15, 0.2) is 35.9 Å². The van der Waals surface area contributed by atoms with Crippen LogP contribution in [-0.4, -0.2) is 29.3 Å². The van der Waals surface area contributed by atoms with Gasteiger partial charge in [-0.1, -0.05) is 30.3 Å². The monoisotopic (exact) mass is 291 g/mol. The van der Waals surface area contributed by atoms with E-state index in [0.717, 1.165) is 5.56 Å². The van der Waals surface area contributed by atoms with Crippen molar-refractivity contribution in [1.82, 2.24) is 5.32 Å². The average molecular weight is 291 g/mol. The first-order chi connectivity index (χ1) is 9.70. The zero-order valence-corrected chi connectivity index (χ0v) is 12.8. The van der Waals surface area contributed by atoms with Crippen LogP contribution >= 0.6 is 0 Å². The molecule has 0 spiro atoms. The minimum Gasteiger partial charge on any atom is -0.478 e. The summed E-state index contributed by atoms with van der Waals surface area (Å²) in [6.07, 6.45) is -0.637. The van der Waals surface area contributed by atoms with Crippen LogP contribution in [0.25, 0.3) is 5.57 Å². The molecule has 1 rings (SSSR count). The molecule has 21 heavy (non-hydrogen) atoms. The molecular weight excluding hydrogens is 270 g/mol. The number of allylic oxidation sites excluding steroid dienone is 1. The molecule has 1 amide bonds. The Morgan fingerprint density at radius 2 is 1.76 bits per heavy atom. The van der Waals surface area contributed by atoms with Crippen LogP contribution in [0.2, 0.25) is 0 Å². The Labute approximate surface area is 124 Å². The van der Waals surface area contributed by atoms with Gasteiger partial charge < -0.3 is 15.2 Å². The van der Waals surface area contributed by atoms with E-state index in [2.05, 4.69) is 5.32 Å². The summed E-state index contributed by atoms with van der Waals surface area (Å²) in [5, 5.41) is 11.8. The smallest absolute Gasteiger partial charge is 0.407 e. The zero-order chi connectivity index (χ0) is 16.0. The number of hydrogen-bond donors (Lipinski definition) is 2. The molecule has 0 aliphatic heterocycles. The van der Waals surface area contributed by atoms with Gasteiger partial charge in [0.25, 0.3) is 0 Å². The molecule has 0 saturated carbocycles. The van der Waals surface area contributed by atoms with Gasteiger partial charge in [0.15, 0.2) is 0 Å². The van der Waals surface area contributed by atoms with Gasteiger partial charge in [0.2, 0.25) is 0 Å². The standard InChI is InChI=1S/C16H21NO4/c1-11(12-8-6-5-7-9-12)13(14(18)19)10-17-15(20)21-16(2,3)4/h5-9H,10H2,1-4H3,(H,17,20)(H,18,19). The Hall–Kier alpha value is -2.30. The second kappa shape index (κ2) is 6.92. The second-order valence-electron chi connectivity index (χ2n) is 5.63. The average Bonchev–Trinajstić information content (AvgIpc) is 2.37. The maximum atomic E-state index is 11.6. The van der Waals surface area contributed by atoms with Crippen LogP contribution in [0.1, 0.15) is 33.3 Å². The number of carboxylic acids is 1. The number of carbonyl (C=O) groups is 2. The molecule has 0 aliphatic carbocycles. The summed E-state index contributed by atoms with van der Waals surface area (Å²) in [6.45, 7) is 6.86. The van der Waals surface area contributed by atoms with Gasteiger partial charge in [-0.2, -0.15) is 0 Å². The van der Waals surface area contributed by atoms with E-state index in [9.17, 15) is 14.7 Å². The van der Waals surface area contributed by atoms with Crippen molar-refractivity contribution in [1.29, 1.82) is 0 Å². The number of hydrogen-bond acceptors (Lipinski definition) is 3. The number of amides is 1. The Balaban J connectivity index is 2.85. The summed E-state index contributed by atoms with van der Waals surface area (Å²) in [7, 11) is 0. The van der Waals surface area contributed by atoms with Crippen molar-refractivity contribution in [3.05, 3.63) is 41.5 Å². The van der Waals surface area contributed by atoms with E-state index in [0.29, 0.717) is 5.57 Å². The number of carboxylic acid groups (broad SMARTS) is 1. The van der Waals surface area contributed by atoms with Crippen molar-refractivity contribution in [2.75, 3.05) is 6.54 Å². The number of aliphatic carboxylic acids is 1. The van der Waals surface area contributed by atoms with Crippen LogP contribution in [0.3, 0.4) is 0 Å². The second-order valence-corrected chi connectivity index (χ2v) is 5.63. The van der Waals surface area contributed by atoms with Crippen LogP contribution in [0.5, 0.6) is 0 Å². The Morgan fingerprint density at radius 3 is 2.24 bits per heavy atom. The van der Waals surface area contributed by atoms with Crippen molar-refractivity contribution in [3.63, 3.8) is 0 Å². The molecule has 0 fully saturated rings. The minimum absolute atomic E-state index is 0.0923. The first-order valence-electron chi connectivity index (χ1n) is 6.66. The summed E-state index contributed by atoms with van der Waals surface area (Å²) < 4.78 is 5.09. The van der Waals surface area contributed by atoms with E-state index in [1.54, 1.807) is 27.7 Å². The third kappa shape index (κ3) is 5.69. The molecule has 0 saturated heterocycles. The summed E-state index contributed by atoms with van der Waals surface area (Å²) in [6, 6.07) is 9.17. The molecule has 0 atom stereocenters. The van der Waals surface area contributed by atoms with Crippen LogP contribution < -0.4 is 5.32 Å². The first-order valence-corrected chi connectivity index (χ1v) is 6.66. The van der Waals surface area contributed by atoms with E-state index in [-0.39, 0.29) is 12.1 Å². The van der Waals surface area contributed by atoms with Gasteiger partial charge in [-0.05, 0) is 38.8 Å². The largest absolute Gasteiger partial charge is 0.478 e. The predicted molar refractivity (Wildman–Crippen MR) is 80.9 cm³/mol. The fourth-order valence-electron chi connectivity index (χ4n) is 1.71. The molecule has 5 nitrogen and oxygen atoms in total. The third-order valence-corrected chi connectivity index (χ3v) is 2.73. The maximum absolute atomic E-state index is 11.6. The van der Waals surface area contributed by atoms with Crippen molar-refractivity contribution in [3.8, 4) is 0 Å². The number of alkyl carbamates (subject to hydrolysis) is 1. The number of benzene rings is 1. The Bertz CT molecular complexity index is 541. The molecule has 0 heterocycles. The molecule has 0 aromatic heterocycles. The molecule has 0 radical (unpaired) electrons. The number of rotatable bonds is 4. The highest BCUT2D eigenvalue weighted by Crippen LogP contribution is 2.18. The highest BCUT2D eigenvalue weighted by molar-refractivity contribution is 5.96. The van der Waals surface area contributed by atoms with E-state index in [1.165, 1.54) is 0 Å². The minimum atomic E-state index is -1.06. The highest BCUT2D eigenvalue weighted by atomic mass is 16.6. The molecule has 5 heteroatoms. The predicted octanol–water partition coefficient (Wildman–Crippen LogP) is 3.07. The van der Waals surface area contributed by atoms with Gasteiger partial charge in [0.05, 0.1) is 12.1 Å². The molecule has 2 N–H and O–H groups in total. The van der Waals surface area contributed by atoms with Crippen molar-refractivity contribution in [2.24, 2.45) is 0 Å². The van der Waals surface area contributed by atoms with Gasteiger partial charge in [0.1, 0.15) is 5.60 Å². The molecule has 0 aliphatic rings. The quantitative estimate of drug-likeness (QED) is 0.836. The van der Waals surface area contributed by atoms with Gasteiger partial charge in [-0.3, -0.25) is 0 Å². The van der Waals surface area contributed by atoms with Crippen LogP contribution in [0, 0.1) is 0 Å². The van der Waals surface area contributed by atoms with Crippen molar-refractivity contribution >= 4 is 17.6 Å². The van der Waals surface area contributed by atoms with Gasteiger partial charge in [-0.25, -0.2) is 9.59 Å². The van der Waals surface area contributed by atoms with Crippen molar-refractivity contribution < 1.29 is 19.4 Å². The number of ether oxygens (including phenoxy) is 1. The highest BCUT2D eigenvalue weighted by Gasteiger charge is 2.18. The van der Waals surface area contributed by atoms with Crippen LogP contribution in [0.4, 0.5) is 4.79 Å². The molecule has 1 aromatic carbocycles. The topological polar surface area (TPSA) is 75.6 Å². The van der Waals surface area contributed by atoms with E-state index in [1.807, 2.05) is 30.3 Å². The van der Waals surface area contributed by atoms with E-state index < -0.39 is 17.7 Å². The van der Waals surface area contributed by atoms with Gasteiger partial charge in [-0.15, -0.1) is 0 Å². The molecule has 1 aromatic rings. The zero-order valence-electron chi connectivity index (χ0n) is 12.8. The lowest BCUT2D eigenvalue weighted by Crippen LogP contribution is -2.34. The lowest BCUT2D eigenvalue weighted by Gasteiger charge is -2.20. The summed E-state index contributed by atoms with van der Waals surface area (Å²) in [5.74, 6) is -1.06. The fourth-order valence-corrected chi connectivity index (χ4v) is 1.71. The normalized spacial score (nSPS) is 12.4. The molecule has 0 unspecified atom stereocenters. The van der Waals surface area contributed by atoms with E-state index in [4.69, 9.17) is 4.74 Å². The Morgan fingerprint density at radius 1 is 1.19 bits per heavy atom. The summed E-state index contributed by atoms with van der Waals surface area (Å²) in [4.78, 5) is 23.0. The van der Waals surface area contributed by atoms with Crippen LogP contribution in [-0.2, 0) is 9.53 Å². The molecular formula is C16H21NO4. The van der Waals surface area contributed by atoms with Gasteiger partial charge in [0, 0.05) is 0 Å². The lowest BCUT2D eigenvalue weighted by atomic mass is 10.0. The van der Waals surface area contributed by atoms with Crippen molar-refractivity contribution in [2.45, 2.75) is 33.3 Å². The fraction of sp³-hybridized carbons (Fsp3) is 0.375. The molecule has 114 valence electrons. The first kappa shape index (κ1) is 16.8. The summed E-state index contributed by atoms with van der Waals surface area (Å²) >= 11 is 0. The maximum Gasteiger partial charge on any atom is 0.407 e. The Kier molecular flexibility index (Phi) is 5.52. The molecule has 0 bridgehead atoms. The van der Waals surface area contributed by atoms with Gasteiger partial charge >= 0.3 is 12.1 Å². The number of carbonyl (C=O) groups excluding carboxylic acids is 1. The third-order valence-electron chi connectivity index (χ3n) is 2.73. The SMILES string of the molecule is CC(=C(CNC(=O)OC(C)(C)C)C(=O)O)c1ccccc1. The lowest BCUT2D eigenvalue weighted by molar-refractivity contribution is -0.132. The number of nitrogens with one attached hydrogen (secondary N) is 1. The van der Waals surface area contributed by atoms with E-state index >= 15 is 0 Å².